The minimum atomic E-state index is -0.173. The summed E-state index contributed by atoms with van der Waals surface area (Å²) in [7, 11) is 0. The highest BCUT2D eigenvalue weighted by Gasteiger charge is 2.09. The molecule has 118 valence electrons. The third kappa shape index (κ3) is 3.89. The number of carbonyl (C=O) groups is 2. The van der Waals surface area contributed by atoms with E-state index in [2.05, 4.69) is 27.9 Å². The second-order valence-corrected chi connectivity index (χ2v) is 6.48. The van der Waals surface area contributed by atoms with E-state index in [4.69, 9.17) is 0 Å². The van der Waals surface area contributed by atoms with E-state index in [-0.39, 0.29) is 11.7 Å². The van der Waals surface area contributed by atoms with Crippen LogP contribution in [0.3, 0.4) is 0 Å². The molecule has 0 fully saturated rings. The Hall–Kier alpha value is -2.47. The van der Waals surface area contributed by atoms with Gasteiger partial charge in [0.2, 0.25) is 0 Å². The molecule has 0 saturated carbocycles. The number of benzene rings is 3. The van der Waals surface area contributed by atoms with Gasteiger partial charge in [-0.05, 0) is 71.1 Å². The number of amides is 1. The van der Waals surface area contributed by atoms with Crippen molar-refractivity contribution in [3.63, 3.8) is 0 Å². The third-order valence-electron chi connectivity index (χ3n) is 3.55. The van der Waals surface area contributed by atoms with Gasteiger partial charge in [-0.3, -0.25) is 9.59 Å². The van der Waals surface area contributed by atoms with Gasteiger partial charge in [0.15, 0.2) is 5.78 Å². The summed E-state index contributed by atoms with van der Waals surface area (Å²) in [6.07, 6.45) is 0. The Morgan fingerprint density at radius 2 is 1.21 bits per heavy atom. The predicted octanol–water partition coefficient (Wildman–Crippen LogP) is 4.77. The molecule has 0 atom stereocenters. The lowest BCUT2D eigenvalue weighted by atomic mass is 10.0. The Morgan fingerprint density at radius 3 is 1.83 bits per heavy atom. The molecule has 3 rings (SSSR count). The number of anilines is 1. The minimum absolute atomic E-state index is 0.0360. The summed E-state index contributed by atoms with van der Waals surface area (Å²) in [6, 6.07) is 23.4. The lowest BCUT2D eigenvalue weighted by Gasteiger charge is -2.07. The van der Waals surface area contributed by atoms with Gasteiger partial charge >= 0.3 is 0 Å². The Kier molecular flexibility index (Phi) is 5.05. The van der Waals surface area contributed by atoms with E-state index < -0.39 is 0 Å². The lowest BCUT2D eigenvalue weighted by molar-refractivity contribution is 0.102. The van der Waals surface area contributed by atoms with E-state index in [1.807, 2.05) is 30.3 Å². The smallest absolute Gasteiger partial charge is 0.255 e. The highest BCUT2D eigenvalue weighted by atomic mass is 127. The van der Waals surface area contributed by atoms with Crippen LogP contribution < -0.4 is 5.32 Å². The molecule has 0 radical (unpaired) electrons. The largest absolute Gasteiger partial charge is 0.322 e. The first-order valence-electron chi connectivity index (χ1n) is 7.40. The average Bonchev–Trinajstić information content (AvgIpc) is 2.63. The van der Waals surface area contributed by atoms with Crippen LogP contribution in [-0.2, 0) is 0 Å². The number of nitrogens with one attached hydrogen (secondary N) is 1. The van der Waals surface area contributed by atoms with E-state index in [0.29, 0.717) is 22.4 Å². The summed E-state index contributed by atoms with van der Waals surface area (Å²) in [6.45, 7) is 0. The lowest BCUT2D eigenvalue weighted by Crippen LogP contribution is -2.12. The molecule has 3 aromatic carbocycles. The van der Waals surface area contributed by atoms with Crippen LogP contribution in [0.15, 0.2) is 78.9 Å². The van der Waals surface area contributed by atoms with Gasteiger partial charge < -0.3 is 5.32 Å². The van der Waals surface area contributed by atoms with Crippen LogP contribution in [0, 0.1) is 3.57 Å². The molecule has 1 N–H and O–H groups in total. The van der Waals surface area contributed by atoms with Crippen LogP contribution in [0.5, 0.6) is 0 Å². The van der Waals surface area contributed by atoms with Gasteiger partial charge in [0.25, 0.3) is 5.91 Å². The van der Waals surface area contributed by atoms with E-state index in [9.17, 15) is 9.59 Å². The molecule has 0 unspecified atom stereocenters. The topological polar surface area (TPSA) is 46.2 Å². The Labute approximate surface area is 153 Å². The first-order chi connectivity index (χ1) is 11.6. The molecule has 3 aromatic rings. The molecule has 0 heterocycles. The van der Waals surface area contributed by atoms with Gasteiger partial charge in [-0.1, -0.05) is 30.3 Å². The van der Waals surface area contributed by atoms with Crippen molar-refractivity contribution in [3.8, 4) is 0 Å². The Balaban J connectivity index is 1.72. The maximum Gasteiger partial charge on any atom is 0.255 e. The quantitative estimate of drug-likeness (QED) is 0.482. The van der Waals surface area contributed by atoms with E-state index in [0.717, 1.165) is 3.57 Å². The first kappa shape index (κ1) is 16.4. The molecule has 0 bridgehead atoms. The molecule has 0 aromatic heterocycles. The fraction of sp³-hybridized carbons (Fsp3) is 0. The molecule has 0 saturated heterocycles. The van der Waals surface area contributed by atoms with Crippen molar-refractivity contribution < 1.29 is 9.59 Å². The van der Waals surface area contributed by atoms with Crippen LogP contribution in [0.1, 0.15) is 26.3 Å². The maximum absolute atomic E-state index is 12.3. The summed E-state index contributed by atoms with van der Waals surface area (Å²) in [5.74, 6) is -0.209. The zero-order valence-electron chi connectivity index (χ0n) is 12.7. The van der Waals surface area contributed by atoms with Gasteiger partial charge in [-0.25, -0.2) is 0 Å². The standard InChI is InChI=1S/C20H14INO2/c21-17-10-6-16(7-11-17)20(24)22-18-12-8-15(9-13-18)19(23)14-4-2-1-3-5-14/h1-13H,(H,22,24). The highest BCUT2D eigenvalue weighted by Crippen LogP contribution is 2.15. The Morgan fingerprint density at radius 1 is 0.667 bits per heavy atom. The average molecular weight is 427 g/mol. The van der Waals surface area contributed by atoms with E-state index >= 15 is 0 Å². The number of ketones is 1. The van der Waals surface area contributed by atoms with Crippen LogP contribution in [0.2, 0.25) is 0 Å². The molecule has 4 heteroatoms. The van der Waals surface area contributed by atoms with Crippen molar-refractivity contribution in [1.29, 1.82) is 0 Å². The summed E-state index contributed by atoms with van der Waals surface area (Å²) in [4.78, 5) is 24.5. The van der Waals surface area contributed by atoms with Gasteiger partial charge in [0, 0.05) is 25.9 Å². The summed E-state index contributed by atoms with van der Waals surface area (Å²) < 4.78 is 1.08. The number of hydrogen-bond acceptors (Lipinski definition) is 2. The van der Waals surface area contributed by atoms with Crippen molar-refractivity contribution in [3.05, 3.63) is 99.1 Å². The molecular weight excluding hydrogens is 413 g/mol. The number of carbonyl (C=O) groups excluding carboxylic acids is 2. The number of halogens is 1. The second kappa shape index (κ2) is 7.40. The van der Waals surface area contributed by atoms with Crippen LogP contribution in [0.4, 0.5) is 5.69 Å². The SMILES string of the molecule is O=C(Nc1ccc(C(=O)c2ccccc2)cc1)c1ccc(I)cc1. The minimum Gasteiger partial charge on any atom is -0.322 e. The molecule has 0 spiro atoms. The van der Waals surface area contributed by atoms with Crippen molar-refractivity contribution in [2.24, 2.45) is 0 Å². The van der Waals surface area contributed by atoms with Crippen molar-refractivity contribution >= 4 is 40.0 Å². The number of hydrogen-bond donors (Lipinski definition) is 1. The first-order valence-corrected chi connectivity index (χ1v) is 8.48. The van der Waals surface area contributed by atoms with E-state index in [1.54, 1.807) is 48.5 Å². The zero-order valence-corrected chi connectivity index (χ0v) is 14.9. The highest BCUT2D eigenvalue weighted by molar-refractivity contribution is 14.1. The van der Waals surface area contributed by atoms with Crippen LogP contribution in [0.25, 0.3) is 0 Å². The summed E-state index contributed by atoms with van der Waals surface area (Å²) >= 11 is 2.19. The normalized spacial score (nSPS) is 10.2. The van der Waals surface area contributed by atoms with Crippen LogP contribution in [-0.4, -0.2) is 11.7 Å². The van der Waals surface area contributed by atoms with E-state index in [1.165, 1.54) is 0 Å². The van der Waals surface area contributed by atoms with Gasteiger partial charge in [-0.2, -0.15) is 0 Å². The fourth-order valence-electron chi connectivity index (χ4n) is 2.27. The molecule has 0 aliphatic rings. The van der Waals surface area contributed by atoms with Gasteiger partial charge in [-0.15, -0.1) is 0 Å². The van der Waals surface area contributed by atoms with Crippen molar-refractivity contribution in [2.45, 2.75) is 0 Å². The monoisotopic (exact) mass is 427 g/mol. The van der Waals surface area contributed by atoms with Crippen molar-refractivity contribution in [1.82, 2.24) is 0 Å². The van der Waals surface area contributed by atoms with Crippen molar-refractivity contribution in [2.75, 3.05) is 5.32 Å². The van der Waals surface area contributed by atoms with Crippen LogP contribution >= 0.6 is 22.6 Å². The molecule has 0 aliphatic heterocycles. The molecule has 1 amide bonds. The fourth-order valence-corrected chi connectivity index (χ4v) is 2.63. The maximum atomic E-state index is 12.3. The molecule has 24 heavy (non-hydrogen) atoms. The zero-order chi connectivity index (χ0) is 16.9. The second-order valence-electron chi connectivity index (χ2n) is 5.23. The Bertz CT molecular complexity index is 856. The molecular formula is C20H14INO2. The molecule has 3 nitrogen and oxygen atoms in total. The third-order valence-corrected chi connectivity index (χ3v) is 4.27. The van der Waals surface area contributed by atoms with Gasteiger partial charge in [0.1, 0.15) is 0 Å². The summed E-state index contributed by atoms with van der Waals surface area (Å²) in [5.41, 5.74) is 2.49. The predicted molar refractivity (Wildman–Crippen MR) is 103 cm³/mol. The molecule has 0 aliphatic carbocycles. The summed E-state index contributed by atoms with van der Waals surface area (Å²) in [5, 5.41) is 2.83. The number of rotatable bonds is 4. The van der Waals surface area contributed by atoms with Gasteiger partial charge in [0.05, 0.1) is 0 Å².